The summed E-state index contributed by atoms with van der Waals surface area (Å²) in [6.07, 6.45) is 1.07. The van der Waals surface area contributed by atoms with E-state index in [1.54, 1.807) is 6.92 Å². The quantitative estimate of drug-likeness (QED) is 0.888. The first kappa shape index (κ1) is 16.1. The first-order chi connectivity index (χ1) is 7.54. The summed E-state index contributed by atoms with van der Waals surface area (Å²) in [6, 6.07) is 2.04. The lowest BCUT2D eigenvalue weighted by atomic mass is 10.1. The predicted octanol–water partition coefficient (Wildman–Crippen LogP) is 3.07. The van der Waals surface area contributed by atoms with Gasteiger partial charge in [0, 0.05) is 12.1 Å². The molecular formula is C12H18ClF2NO. The maximum absolute atomic E-state index is 13.5. The molecule has 1 aromatic carbocycles. The van der Waals surface area contributed by atoms with Crippen LogP contribution in [-0.2, 0) is 6.42 Å². The largest absolute Gasteiger partial charge is 0.490 e. The van der Waals surface area contributed by atoms with Crippen LogP contribution in [0.3, 0.4) is 0 Å². The zero-order valence-electron chi connectivity index (χ0n) is 10.0. The van der Waals surface area contributed by atoms with Crippen molar-refractivity contribution < 1.29 is 13.5 Å². The molecule has 1 unspecified atom stereocenters. The van der Waals surface area contributed by atoms with E-state index in [-0.39, 0.29) is 29.8 Å². The van der Waals surface area contributed by atoms with Gasteiger partial charge in [-0.15, -0.1) is 12.4 Å². The summed E-state index contributed by atoms with van der Waals surface area (Å²) in [5.74, 6) is -1.04. The van der Waals surface area contributed by atoms with Crippen molar-refractivity contribution in [2.45, 2.75) is 32.7 Å². The fraction of sp³-hybridized carbons (Fsp3) is 0.500. The van der Waals surface area contributed by atoms with Crippen molar-refractivity contribution in [3.05, 3.63) is 29.3 Å². The minimum atomic E-state index is -0.537. The summed E-state index contributed by atoms with van der Waals surface area (Å²) < 4.78 is 32.1. The minimum Gasteiger partial charge on any atom is -0.490 e. The molecule has 0 saturated heterocycles. The fourth-order valence-electron chi connectivity index (χ4n) is 1.40. The van der Waals surface area contributed by atoms with E-state index in [2.05, 4.69) is 0 Å². The van der Waals surface area contributed by atoms with Crippen molar-refractivity contribution in [2.75, 3.05) is 6.61 Å². The lowest BCUT2D eigenvalue weighted by Gasteiger charge is -2.10. The average Bonchev–Trinajstić information content (AvgIpc) is 2.20. The molecule has 0 aliphatic heterocycles. The Morgan fingerprint density at radius 1 is 1.29 bits per heavy atom. The van der Waals surface area contributed by atoms with Crippen LogP contribution in [-0.4, -0.2) is 12.6 Å². The summed E-state index contributed by atoms with van der Waals surface area (Å²) in [5.41, 5.74) is 5.83. The van der Waals surface area contributed by atoms with E-state index < -0.39 is 11.6 Å². The van der Waals surface area contributed by atoms with Crippen LogP contribution in [0.2, 0.25) is 0 Å². The molecule has 5 heteroatoms. The van der Waals surface area contributed by atoms with Gasteiger partial charge in [-0.05, 0) is 31.4 Å². The summed E-state index contributed by atoms with van der Waals surface area (Å²) in [7, 11) is 0. The Morgan fingerprint density at radius 3 is 2.47 bits per heavy atom. The second-order valence-electron chi connectivity index (χ2n) is 3.90. The zero-order valence-corrected chi connectivity index (χ0v) is 10.8. The number of benzene rings is 1. The number of hydrogen-bond acceptors (Lipinski definition) is 2. The van der Waals surface area contributed by atoms with Crippen LogP contribution in [0.4, 0.5) is 8.78 Å². The maximum atomic E-state index is 13.5. The number of hydrogen-bond donors (Lipinski definition) is 1. The van der Waals surface area contributed by atoms with Crippen LogP contribution in [0.15, 0.2) is 12.1 Å². The van der Waals surface area contributed by atoms with Gasteiger partial charge >= 0.3 is 0 Å². The SMILES string of the molecule is CCCOc1cc(F)c(CC(C)N)cc1F.Cl. The summed E-state index contributed by atoms with van der Waals surface area (Å²) in [6.45, 7) is 4.03. The number of halogens is 3. The Balaban J connectivity index is 0.00000256. The van der Waals surface area contributed by atoms with Crippen LogP contribution >= 0.6 is 12.4 Å². The maximum Gasteiger partial charge on any atom is 0.165 e. The molecule has 2 N–H and O–H groups in total. The number of nitrogens with two attached hydrogens (primary N) is 1. The van der Waals surface area contributed by atoms with E-state index in [1.807, 2.05) is 6.92 Å². The molecule has 0 heterocycles. The molecule has 0 spiro atoms. The Kier molecular flexibility index (Phi) is 7.07. The van der Waals surface area contributed by atoms with Gasteiger partial charge in [0.15, 0.2) is 11.6 Å². The first-order valence-electron chi connectivity index (χ1n) is 5.41. The third-order valence-corrected chi connectivity index (χ3v) is 2.10. The normalized spacial score (nSPS) is 11.8. The van der Waals surface area contributed by atoms with E-state index in [0.717, 1.165) is 18.6 Å². The molecule has 0 bridgehead atoms. The van der Waals surface area contributed by atoms with Gasteiger partial charge in [0.2, 0.25) is 0 Å². The van der Waals surface area contributed by atoms with Crippen LogP contribution < -0.4 is 10.5 Å². The lowest BCUT2D eigenvalue weighted by Crippen LogP contribution is -2.18. The molecule has 1 atom stereocenters. The predicted molar refractivity (Wildman–Crippen MR) is 66.7 cm³/mol. The van der Waals surface area contributed by atoms with Crippen molar-refractivity contribution in [3.63, 3.8) is 0 Å². The first-order valence-corrected chi connectivity index (χ1v) is 5.41. The molecule has 0 fully saturated rings. The van der Waals surface area contributed by atoms with Gasteiger partial charge < -0.3 is 10.5 Å². The van der Waals surface area contributed by atoms with Gasteiger partial charge in [0.25, 0.3) is 0 Å². The monoisotopic (exact) mass is 265 g/mol. The van der Waals surface area contributed by atoms with Gasteiger partial charge in [0.05, 0.1) is 6.61 Å². The van der Waals surface area contributed by atoms with Crippen molar-refractivity contribution >= 4 is 12.4 Å². The molecular weight excluding hydrogens is 248 g/mol. The zero-order chi connectivity index (χ0) is 12.1. The minimum absolute atomic E-state index is 0. The van der Waals surface area contributed by atoms with Crippen LogP contribution in [0.25, 0.3) is 0 Å². The van der Waals surface area contributed by atoms with Crippen molar-refractivity contribution in [3.8, 4) is 5.75 Å². The molecule has 0 amide bonds. The third kappa shape index (κ3) is 4.88. The molecule has 0 aliphatic rings. The molecule has 2 nitrogen and oxygen atoms in total. The Labute approximate surface area is 107 Å². The van der Waals surface area contributed by atoms with Gasteiger partial charge in [-0.1, -0.05) is 6.92 Å². The molecule has 0 aliphatic carbocycles. The fourth-order valence-corrected chi connectivity index (χ4v) is 1.40. The second kappa shape index (κ2) is 7.45. The molecule has 0 aromatic heterocycles. The molecule has 0 radical (unpaired) electrons. The summed E-state index contributed by atoms with van der Waals surface area (Å²) in [4.78, 5) is 0. The standard InChI is InChI=1S/C12H17F2NO.ClH/c1-3-4-16-12-7-10(13)9(5-8(2)15)6-11(12)14;/h6-8H,3-5,15H2,1-2H3;1H. The van der Waals surface area contributed by atoms with Gasteiger partial charge in [-0.25, -0.2) is 8.78 Å². The number of ether oxygens (including phenoxy) is 1. The molecule has 1 aromatic rings. The highest BCUT2D eigenvalue weighted by Crippen LogP contribution is 2.22. The van der Waals surface area contributed by atoms with Crippen molar-refractivity contribution in [1.82, 2.24) is 0 Å². The highest BCUT2D eigenvalue weighted by Gasteiger charge is 2.11. The molecule has 0 saturated carbocycles. The van der Waals surface area contributed by atoms with Gasteiger partial charge in [-0.2, -0.15) is 0 Å². The Bertz CT molecular complexity index is 359. The molecule has 17 heavy (non-hydrogen) atoms. The Hall–Kier alpha value is -0.870. The van der Waals surface area contributed by atoms with Crippen LogP contribution in [0, 0.1) is 11.6 Å². The van der Waals surface area contributed by atoms with Gasteiger partial charge in [-0.3, -0.25) is 0 Å². The second-order valence-corrected chi connectivity index (χ2v) is 3.90. The summed E-state index contributed by atoms with van der Waals surface area (Å²) in [5, 5.41) is 0. The van der Waals surface area contributed by atoms with Crippen LogP contribution in [0.5, 0.6) is 5.75 Å². The van der Waals surface area contributed by atoms with Crippen molar-refractivity contribution in [1.29, 1.82) is 0 Å². The average molecular weight is 266 g/mol. The van der Waals surface area contributed by atoms with E-state index >= 15 is 0 Å². The lowest BCUT2D eigenvalue weighted by molar-refractivity contribution is 0.299. The topological polar surface area (TPSA) is 35.2 Å². The molecule has 1 rings (SSSR count). The number of rotatable bonds is 5. The Morgan fingerprint density at radius 2 is 1.94 bits per heavy atom. The van der Waals surface area contributed by atoms with Gasteiger partial charge in [0.1, 0.15) is 5.82 Å². The highest BCUT2D eigenvalue weighted by atomic mass is 35.5. The third-order valence-electron chi connectivity index (χ3n) is 2.10. The van der Waals surface area contributed by atoms with Crippen molar-refractivity contribution in [2.24, 2.45) is 5.73 Å². The van der Waals surface area contributed by atoms with Crippen LogP contribution in [0.1, 0.15) is 25.8 Å². The van der Waals surface area contributed by atoms with E-state index in [9.17, 15) is 8.78 Å². The van der Waals surface area contributed by atoms with E-state index in [1.165, 1.54) is 0 Å². The molecule has 98 valence electrons. The summed E-state index contributed by atoms with van der Waals surface area (Å²) >= 11 is 0. The van der Waals surface area contributed by atoms with E-state index in [0.29, 0.717) is 13.0 Å². The highest BCUT2D eigenvalue weighted by molar-refractivity contribution is 5.85. The van der Waals surface area contributed by atoms with E-state index in [4.69, 9.17) is 10.5 Å². The smallest absolute Gasteiger partial charge is 0.165 e.